The molecule has 0 spiro atoms. The number of cyclic esters (lactones) is 1. The van der Waals surface area contributed by atoms with Gasteiger partial charge in [-0.15, -0.1) is 0 Å². The first-order valence-corrected chi connectivity index (χ1v) is 10.8. The van der Waals surface area contributed by atoms with Crippen molar-refractivity contribution in [1.29, 1.82) is 0 Å². The second kappa shape index (κ2) is 8.60. The second-order valence-electron chi connectivity index (χ2n) is 8.40. The summed E-state index contributed by atoms with van der Waals surface area (Å²) >= 11 is 0. The first kappa shape index (κ1) is 21.6. The van der Waals surface area contributed by atoms with E-state index in [9.17, 15) is 13.6 Å². The van der Waals surface area contributed by atoms with Crippen LogP contribution >= 0.6 is 0 Å². The van der Waals surface area contributed by atoms with Crippen LogP contribution in [-0.4, -0.2) is 50.0 Å². The Morgan fingerprint density at radius 2 is 2.00 bits per heavy atom. The largest absolute Gasteiger partial charge is 0.457 e. The molecule has 1 fully saturated rings. The quantitative estimate of drug-likeness (QED) is 0.593. The molecule has 5 rings (SSSR count). The number of alkyl halides is 2. The number of rotatable bonds is 5. The van der Waals surface area contributed by atoms with Crippen LogP contribution in [0.15, 0.2) is 30.9 Å². The van der Waals surface area contributed by atoms with Crippen LogP contribution in [0.5, 0.6) is 0 Å². The first-order chi connectivity index (χ1) is 15.9. The Morgan fingerprint density at radius 3 is 2.76 bits per heavy atom. The summed E-state index contributed by atoms with van der Waals surface area (Å²) < 4.78 is 33.1. The number of esters is 1. The fourth-order valence-electron chi connectivity index (χ4n) is 4.59. The van der Waals surface area contributed by atoms with E-state index in [2.05, 4.69) is 25.2 Å². The summed E-state index contributed by atoms with van der Waals surface area (Å²) in [5.74, 6) is -0.0776. The number of hydrogen-bond donors (Lipinski definition) is 1. The summed E-state index contributed by atoms with van der Waals surface area (Å²) in [6, 6.07) is 3.99. The summed E-state index contributed by atoms with van der Waals surface area (Å²) in [7, 11) is 0. The van der Waals surface area contributed by atoms with Crippen molar-refractivity contribution >= 4 is 5.97 Å². The minimum atomic E-state index is -2.65. The van der Waals surface area contributed by atoms with Crippen LogP contribution in [0.2, 0.25) is 0 Å². The van der Waals surface area contributed by atoms with Gasteiger partial charge in [-0.2, -0.15) is 0 Å². The van der Waals surface area contributed by atoms with Gasteiger partial charge in [0.05, 0.1) is 11.3 Å². The van der Waals surface area contributed by atoms with Gasteiger partial charge < -0.3 is 10.1 Å². The highest BCUT2D eigenvalue weighted by Gasteiger charge is 2.28. The van der Waals surface area contributed by atoms with E-state index in [0.29, 0.717) is 18.7 Å². The van der Waals surface area contributed by atoms with E-state index in [1.54, 1.807) is 19.3 Å². The molecule has 0 bridgehead atoms. The van der Waals surface area contributed by atoms with E-state index >= 15 is 0 Å². The maximum absolute atomic E-state index is 13.3. The van der Waals surface area contributed by atoms with Crippen molar-refractivity contribution in [2.24, 2.45) is 0 Å². The molecule has 1 saturated heterocycles. The SMILES string of the molecule is Cc1ncn(-c2ncc(CN3CCN[C@H](c4ccc5c(c4C)COC5=O)C3)cn2)c1C(F)F. The Bertz CT molecular complexity index is 1190. The minimum Gasteiger partial charge on any atom is -0.457 e. The maximum Gasteiger partial charge on any atom is 0.338 e. The molecule has 0 aliphatic carbocycles. The molecule has 1 N–H and O–H groups in total. The zero-order valence-corrected chi connectivity index (χ0v) is 18.4. The van der Waals surface area contributed by atoms with Gasteiger partial charge >= 0.3 is 5.97 Å². The Hall–Kier alpha value is -3.24. The molecule has 33 heavy (non-hydrogen) atoms. The number of nitrogens with zero attached hydrogens (tertiary/aromatic N) is 5. The summed E-state index contributed by atoms with van der Waals surface area (Å²) in [5.41, 5.74) is 4.86. The second-order valence-corrected chi connectivity index (χ2v) is 8.40. The van der Waals surface area contributed by atoms with Crippen LogP contribution in [0.1, 0.15) is 56.5 Å². The summed E-state index contributed by atoms with van der Waals surface area (Å²) in [6.07, 6.45) is 2.02. The molecule has 172 valence electrons. The molecule has 0 unspecified atom stereocenters. The molecule has 2 aromatic heterocycles. The van der Waals surface area contributed by atoms with Crippen LogP contribution < -0.4 is 5.32 Å². The third-order valence-electron chi connectivity index (χ3n) is 6.36. The van der Waals surface area contributed by atoms with Crippen molar-refractivity contribution in [2.75, 3.05) is 19.6 Å². The van der Waals surface area contributed by atoms with Crippen LogP contribution in [0.3, 0.4) is 0 Å². The van der Waals surface area contributed by atoms with Crippen molar-refractivity contribution in [3.63, 3.8) is 0 Å². The van der Waals surface area contributed by atoms with Crippen molar-refractivity contribution in [2.45, 2.75) is 39.5 Å². The average Bonchev–Trinajstić information content (AvgIpc) is 3.38. The van der Waals surface area contributed by atoms with Gasteiger partial charge in [0.15, 0.2) is 0 Å². The third kappa shape index (κ3) is 4.00. The van der Waals surface area contributed by atoms with Crippen LogP contribution in [-0.2, 0) is 17.9 Å². The Balaban J connectivity index is 1.30. The average molecular weight is 454 g/mol. The fraction of sp³-hybridized carbons (Fsp3) is 0.391. The Labute approximate surface area is 189 Å². The van der Waals surface area contributed by atoms with Crippen LogP contribution in [0.25, 0.3) is 5.95 Å². The van der Waals surface area contributed by atoms with Gasteiger partial charge in [-0.1, -0.05) is 6.07 Å². The lowest BCUT2D eigenvalue weighted by molar-refractivity contribution is 0.0535. The molecule has 0 radical (unpaired) electrons. The minimum absolute atomic E-state index is 0.127. The Kier molecular flexibility index (Phi) is 5.63. The number of nitrogens with one attached hydrogen (secondary N) is 1. The lowest BCUT2D eigenvalue weighted by Gasteiger charge is -2.34. The summed E-state index contributed by atoms with van der Waals surface area (Å²) in [5, 5.41) is 3.56. The Morgan fingerprint density at radius 1 is 1.21 bits per heavy atom. The van der Waals surface area contributed by atoms with E-state index in [1.165, 1.54) is 16.5 Å². The normalized spacial score (nSPS) is 18.6. The molecule has 1 atom stereocenters. The smallest absolute Gasteiger partial charge is 0.338 e. The molecule has 8 nitrogen and oxygen atoms in total. The van der Waals surface area contributed by atoms with Gasteiger partial charge in [0.25, 0.3) is 6.43 Å². The van der Waals surface area contributed by atoms with Gasteiger partial charge in [-0.3, -0.25) is 9.47 Å². The predicted octanol–water partition coefficient (Wildman–Crippen LogP) is 3.03. The van der Waals surface area contributed by atoms with Crippen LogP contribution in [0, 0.1) is 13.8 Å². The molecule has 4 heterocycles. The molecular weight excluding hydrogens is 430 g/mol. The van der Waals surface area contributed by atoms with E-state index in [1.807, 2.05) is 19.1 Å². The lowest BCUT2D eigenvalue weighted by atomic mass is 9.93. The van der Waals surface area contributed by atoms with Gasteiger partial charge in [0.1, 0.15) is 18.6 Å². The molecular formula is C23H24F2N6O2. The van der Waals surface area contributed by atoms with Gasteiger partial charge in [0.2, 0.25) is 5.95 Å². The number of piperazine rings is 1. The number of hydrogen-bond acceptors (Lipinski definition) is 7. The highest BCUT2D eigenvalue weighted by Crippen LogP contribution is 2.30. The molecule has 3 aromatic rings. The zero-order valence-electron chi connectivity index (χ0n) is 18.4. The number of aryl methyl sites for hydroxylation is 1. The fourth-order valence-corrected chi connectivity index (χ4v) is 4.59. The molecule has 0 amide bonds. The van der Waals surface area contributed by atoms with Crippen LogP contribution in [0.4, 0.5) is 8.78 Å². The predicted molar refractivity (Wildman–Crippen MR) is 115 cm³/mol. The van der Waals surface area contributed by atoms with E-state index in [4.69, 9.17) is 4.74 Å². The lowest BCUT2D eigenvalue weighted by Crippen LogP contribution is -2.45. The van der Waals surface area contributed by atoms with E-state index in [-0.39, 0.29) is 29.3 Å². The molecule has 2 aliphatic heterocycles. The van der Waals surface area contributed by atoms with E-state index in [0.717, 1.165) is 36.3 Å². The number of ether oxygens (including phenoxy) is 1. The van der Waals surface area contributed by atoms with Crippen molar-refractivity contribution in [3.05, 3.63) is 70.1 Å². The highest BCUT2D eigenvalue weighted by molar-refractivity contribution is 5.94. The van der Waals surface area contributed by atoms with Crippen molar-refractivity contribution in [1.82, 2.24) is 29.7 Å². The van der Waals surface area contributed by atoms with Crippen molar-refractivity contribution in [3.8, 4) is 5.95 Å². The van der Waals surface area contributed by atoms with Gasteiger partial charge in [-0.05, 0) is 31.0 Å². The maximum atomic E-state index is 13.3. The summed E-state index contributed by atoms with van der Waals surface area (Å²) in [4.78, 5) is 26.7. The van der Waals surface area contributed by atoms with Crippen molar-refractivity contribution < 1.29 is 18.3 Å². The zero-order chi connectivity index (χ0) is 23.1. The number of halogens is 2. The van der Waals surface area contributed by atoms with Gasteiger partial charge in [0, 0.05) is 55.7 Å². The topological polar surface area (TPSA) is 85.2 Å². The number of fused-ring (bicyclic) bond motifs is 1. The number of imidazole rings is 1. The number of carbonyl (C=O) groups is 1. The number of benzene rings is 1. The van der Waals surface area contributed by atoms with E-state index < -0.39 is 6.43 Å². The molecule has 1 aromatic carbocycles. The summed E-state index contributed by atoms with van der Waals surface area (Å²) in [6.45, 7) is 7.02. The number of carbonyl (C=O) groups excluding carboxylic acids is 1. The number of aromatic nitrogens is 4. The third-order valence-corrected chi connectivity index (χ3v) is 6.36. The monoisotopic (exact) mass is 454 g/mol. The van der Waals surface area contributed by atoms with Gasteiger partial charge in [-0.25, -0.2) is 28.5 Å². The first-order valence-electron chi connectivity index (χ1n) is 10.8. The standard InChI is InChI=1S/C23H24F2N6O2/c1-13-16(3-4-17-18(13)11-33-22(17)32)19-10-30(6-5-26-19)9-15-7-27-23(28-8-15)31-12-29-14(2)20(31)21(24)25/h3-4,7-8,12,19,21,26H,5-6,9-11H2,1-2H3/t19-/m0/s1. The molecule has 0 saturated carbocycles. The molecule has 10 heteroatoms. The highest BCUT2D eigenvalue weighted by atomic mass is 19.3. The molecule has 2 aliphatic rings.